The molecule has 1 aromatic carbocycles. The van der Waals surface area contributed by atoms with Gasteiger partial charge in [0.25, 0.3) is 5.91 Å². The third-order valence-corrected chi connectivity index (χ3v) is 5.95. The molecule has 0 saturated carbocycles. The molecule has 0 fully saturated rings. The summed E-state index contributed by atoms with van der Waals surface area (Å²) in [6.07, 6.45) is 3.47. The van der Waals surface area contributed by atoms with E-state index in [0.29, 0.717) is 10.0 Å². The second kappa shape index (κ2) is 8.96. The van der Waals surface area contributed by atoms with Crippen LogP contribution in [0.4, 0.5) is 10.8 Å². The molecule has 0 saturated heterocycles. The molecule has 0 spiro atoms. The first-order valence-electron chi connectivity index (χ1n) is 8.79. The maximum atomic E-state index is 12.3. The number of hydrogen-bond acceptors (Lipinski definition) is 5. The van der Waals surface area contributed by atoms with Crippen LogP contribution in [0.15, 0.2) is 41.8 Å². The van der Waals surface area contributed by atoms with Gasteiger partial charge in [-0.2, -0.15) is 0 Å². The van der Waals surface area contributed by atoms with Crippen LogP contribution in [0.3, 0.4) is 0 Å². The summed E-state index contributed by atoms with van der Waals surface area (Å²) < 4.78 is 0. The number of rotatable bonds is 8. The predicted octanol–water partition coefficient (Wildman–Crippen LogP) is 5.72. The summed E-state index contributed by atoms with van der Waals surface area (Å²) in [5, 5.41) is 8.94. The number of carbonyl (C=O) groups excluding carboxylic acids is 1. The van der Waals surface area contributed by atoms with Crippen molar-refractivity contribution in [2.24, 2.45) is 0 Å². The molecule has 0 aliphatic rings. The maximum Gasteiger partial charge on any atom is 0.267 e. The zero-order valence-electron chi connectivity index (χ0n) is 15.0. The third-order valence-electron chi connectivity index (χ3n) is 4.00. The number of thiazole rings is 1. The van der Waals surface area contributed by atoms with Crippen LogP contribution in [0.5, 0.6) is 0 Å². The summed E-state index contributed by atoms with van der Waals surface area (Å²) in [7, 11) is 0. The van der Waals surface area contributed by atoms with E-state index in [1.165, 1.54) is 46.8 Å². The second-order valence-corrected chi connectivity index (χ2v) is 8.15. The summed E-state index contributed by atoms with van der Waals surface area (Å²) in [6, 6.07) is 12.3. The van der Waals surface area contributed by atoms with Crippen molar-refractivity contribution in [2.75, 3.05) is 10.6 Å². The fourth-order valence-electron chi connectivity index (χ4n) is 2.63. The van der Waals surface area contributed by atoms with Gasteiger partial charge in [-0.25, -0.2) is 4.98 Å². The Morgan fingerprint density at radius 3 is 2.81 bits per heavy atom. The van der Waals surface area contributed by atoms with E-state index in [9.17, 15) is 4.79 Å². The average molecular weight is 386 g/mol. The highest BCUT2D eigenvalue weighted by atomic mass is 32.1. The smallest absolute Gasteiger partial charge is 0.267 e. The van der Waals surface area contributed by atoms with E-state index in [-0.39, 0.29) is 5.91 Å². The number of carbonyl (C=O) groups is 1. The molecular weight excluding hydrogens is 362 g/mol. The number of unbranched alkanes of at least 4 members (excludes halogenated alkanes) is 1. The van der Waals surface area contributed by atoms with Gasteiger partial charge in [0.2, 0.25) is 0 Å². The number of aromatic nitrogens is 1. The van der Waals surface area contributed by atoms with Crippen molar-refractivity contribution in [3.63, 3.8) is 0 Å². The Bertz CT molecular complexity index is 869. The van der Waals surface area contributed by atoms with Crippen LogP contribution in [0, 0.1) is 6.92 Å². The molecule has 0 bridgehead atoms. The molecule has 2 aromatic heterocycles. The third kappa shape index (κ3) is 4.93. The normalized spacial score (nSPS) is 10.7. The maximum absolute atomic E-state index is 12.3. The van der Waals surface area contributed by atoms with Crippen molar-refractivity contribution in [2.45, 2.75) is 39.7 Å². The topological polar surface area (TPSA) is 54.0 Å². The van der Waals surface area contributed by atoms with Crippen molar-refractivity contribution < 1.29 is 4.79 Å². The number of amides is 1. The molecule has 0 atom stereocenters. The van der Waals surface area contributed by atoms with E-state index in [2.05, 4.69) is 46.8 Å². The summed E-state index contributed by atoms with van der Waals surface area (Å²) in [4.78, 5) is 18.4. The fraction of sp³-hybridized carbons (Fsp3) is 0.300. The summed E-state index contributed by atoms with van der Waals surface area (Å²) >= 11 is 2.96. The van der Waals surface area contributed by atoms with Crippen LogP contribution < -0.4 is 10.6 Å². The number of anilines is 2. The van der Waals surface area contributed by atoms with Crippen LogP contribution in [-0.4, -0.2) is 10.9 Å². The SMILES string of the molecule is CCCCc1ccccc1NCc1ccc(C(=O)Nc2nc(C)cs2)s1. The van der Waals surface area contributed by atoms with Crippen molar-refractivity contribution in [3.8, 4) is 0 Å². The largest absolute Gasteiger partial charge is 0.380 e. The zero-order valence-corrected chi connectivity index (χ0v) is 16.7. The van der Waals surface area contributed by atoms with Gasteiger partial charge >= 0.3 is 0 Å². The highest BCUT2D eigenvalue weighted by Crippen LogP contribution is 2.23. The van der Waals surface area contributed by atoms with Crippen molar-refractivity contribution >= 4 is 39.4 Å². The van der Waals surface area contributed by atoms with Crippen molar-refractivity contribution in [3.05, 3.63) is 62.8 Å². The van der Waals surface area contributed by atoms with Gasteiger partial charge in [-0.15, -0.1) is 22.7 Å². The number of aryl methyl sites for hydroxylation is 2. The summed E-state index contributed by atoms with van der Waals surface area (Å²) in [5.74, 6) is -0.0982. The molecule has 3 rings (SSSR count). The number of nitrogens with one attached hydrogen (secondary N) is 2. The Balaban J connectivity index is 1.59. The molecule has 3 aromatic rings. The Kier molecular flexibility index (Phi) is 6.41. The Labute approximate surface area is 162 Å². The van der Waals surface area contributed by atoms with Gasteiger partial charge in [0.1, 0.15) is 0 Å². The summed E-state index contributed by atoms with van der Waals surface area (Å²) in [5.41, 5.74) is 3.45. The van der Waals surface area contributed by atoms with Crippen LogP contribution in [0.25, 0.3) is 0 Å². The van der Waals surface area contributed by atoms with E-state index < -0.39 is 0 Å². The van der Waals surface area contributed by atoms with Crippen LogP contribution >= 0.6 is 22.7 Å². The lowest BCUT2D eigenvalue weighted by Gasteiger charge is -2.11. The molecule has 2 N–H and O–H groups in total. The number of benzene rings is 1. The van der Waals surface area contributed by atoms with Gasteiger partial charge in [-0.3, -0.25) is 10.1 Å². The van der Waals surface area contributed by atoms with Crippen molar-refractivity contribution in [1.29, 1.82) is 0 Å². The Hall–Kier alpha value is -2.18. The van der Waals surface area contributed by atoms with Crippen LogP contribution in [-0.2, 0) is 13.0 Å². The van der Waals surface area contributed by atoms with Gasteiger partial charge in [0, 0.05) is 22.5 Å². The van der Waals surface area contributed by atoms with E-state index >= 15 is 0 Å². The standard InChI is InChI=1S/C20H23N3OS2/c1-3-4-7-15-8-5-6-9-17(15)21-12-16-10-11-18(26-16)19(24)23-20-22-14(2)13-25-20/h5-6,8-11,13,21H,3-4,7,12H2,1-2H3,(H,22,23,24). The first-order valence-corrected chi connectivity index (χ1v) is 10.5. The molecule has 0 aliphatic carbocycles. The minimum atomic E-state index is -0.0982. The van der Waals surface area contributed by atoms with Crippen molar-refractivity contribution in [1.82, 2.24) is 4.98 Å². The highest BCUT2D eigenvalue weighted by Gasteiger charge is 2.11. The van der Waals surface area contributed by atoms with Gasteiger partial charge in [0.15, 0.2) is 5.13 Å². The predicted molar refractivity (Wildman–Crippen MR) is 112 cm³/mol. The van der Waals surface area contributed by atoms with Gasteiger partial charge in [-0.05, 0) is 43.5 Å². The van der Waals surface area contributed by atoms with E-state index in [0.717, 1.165) is 23.5 Å². The molecular formula is C20H23N3OS2. The first kappa shape index (κ1) is 18.6. The molecule has 4 nitrogen and oxygen atoms in total. The second-order valence-electron chi connectivity index (χ2n) is 6.13. The lowest BCUT2D eigenvalue weighted by molar-refractivity contribution is 0.103. The number of hydrogen-bond donors (Lipinski definition) is 2. The Morgan fingerprint density at radius 1 is 1.19 bits per heavy atom. The van der Waals surface area contributed by atoms with Gasteiger partial charge < -0.3 is 5.32 Å². The van der Waals surface area contributed by atoms with E-state index in [1.807, 2.05) is 24.4 Å². The number of thiophene rings is 1. The monoisotopic (exact) mass is 385 g/mol. The fourth-order valence-corrected chi connectivity index (χ4v) is 4.15. The zero-order chi connectivity index (χ0) is 18.4. The molecule has 2 heterocycles. The quantitative estimate of drug-likeness (QED) is 0.521. The van der Waals surface area contributed by atoms with E-state index in [4.69, 9.17) is 0 Å². The van der Waals surface area contributed by atoms with Crippen LogP contribution in [0.2, 0.25) is 0 Å². The lowest BCUT2D eigenvalue weighted by atomic mass is 10.1. The molecule has 136 valence electrons. The molecule has 26 heavy (non-hydrogen) atoms. The minimum absolute atomic E-state index is 0.0982. The molecule has 6 heteroatoms. The summed E-state index contributed by atoms with van der Waals surface area (Å²) in [6.45, 7) is 4.85. The molecule has 0 aliphatic heterocycles. The highest BCUT2D eigenvalue weighted by molar-refractivity contribution is 7.15. The van der Waals surface area contributed by atoms with E-state index in [1.54, 1.807) is 0 Å². The average Bonchev–Trinajstić information content (AvgIpc) is 3.28. The van der Waals surface area contributed by atoms with Gasteiger partial charge in [-0.1, -0.05) is 31.5 Å². The molecule has 1 amide bonds. The molecule has 0 unspecified atom stereocenters. The van der Waals surface area contributed by atoms with Crippen LogP contribution in [0.1, 0.15) is 45.6 Å². The lowest BCUT2D eigenvalue weighted by Crippen LogP contribution is -2.09. The molecule has 0 radical (unpaired) electrons. The first-order chi connectivity index (χ1) is 12.7. The number of para-hydroxylation sites is 1. The Morgan fingerprint density at radius 2 is 2.04 bits per heavy atom. The van der Waals surface area contributed by atoms with Gasteiger partial charge in [0.05, 0.1) is 10.6 Å². The number of nitrogens with zero attached hydrogens (tertiary/aromatic N) is 1. The minimum Gasteiger partial charge on any atom is -0.380 e.